The van der Waals surface area contributed by atoms with Gasteiger partial charge in [-0.2, -0.15) is 4.80 Å². The molecule has 5 unspecified atom stereocenters. The first kappa shape index (κ1) is 34.3. The predicted molar refractivity (Wildman–Crippen MR) is 177 cm³/mol. The highest BCUT2D eigenvalue weighted by molar-refractivity contribution is 5.96. The van der Waals surface area contributed by atoms with Gasteiger partial charge in [0, 0.05) is 24.4 Å². The van der Waals surface area contributed by atoms with Crippen molar-refractivity contribution >= 4 is 23.9 Å². The molecule has 2 fully saturated rings. The fraction of sp³-hybridized carbons (Fsp3) is 0.457. The quantitative estimate of drug-likeness (QED) is 0.285. The van der Waals surface area contributed by atoms with Gasteiger partial charge in [0.1, 0.15) is 23.2 Å². The second-order valence-corrected chi connectivity index (χ2v) is 14.5. The van der Waals surface area contributed by atoms with E-state index in [9.17, 15) is 24.3 Å². The van der Waals surface area contributed by atoms with Crippen LogP contribution in [0, 0.1) is 11.3 Å². The molecular formula is C35H43N7O6. The molecule has 2 aromatic carbocycles. The van der Waals surface area contributed by atoms with Crippen LogP contribution in [0.1, 0.15) is 60.4 Å². The summed E-state index contributed by atoms with van der Waals surface area (Å²) in [4.78, 5) is 55.9. The Labute approximate surface area is 279 Å². The number of benzene rings is 2. The molecule has 0 bridgehead atoms. The maximum absolute atomic E-state index is 14.3. The van der Waals surface area contributed by atoms with Crippen molar-refractivity contribution in [2.45, 2.75) is 83.6 Å². The lowest BCUT2D eigenvalue weighted by molar-refractivity contribution is -0.146. The molecule has 1 saturated heterocycles. The molecule has 1 saturated carbocycles. The number of aliphatic carboxylic acids is 1. The number of hydrogen-bond donors (Lipinski definition) is 3. The number of amides is 3. The molecule has 1 aliphatic heterocycles. The van der Waals surface area contributed by atoms with Crippen molar-refractivity contribution in [1.29, 1.82) is 0 Å². The Morgan fingerprint density at radius 1 is 1.00 bits per heavy atom. The standard InChI is InChI=1S/C35H43N7O6/c1-8-24-19-35(24,31(45)46)37-29(43)26-18-25(20-41(26)30(44)27(33(2,3)4)36-32(47)48-34(5,6)7)42-39-28(38-40-42)23-16-14-22(15-17-23)21-12-10-9-11-13-21/h8-17,24-27H,1,18-20H2,2-7H3,(H,36,47)(H,37,43)(H,45,46). The number of carbonyl (C=O) groups is 4. The lowest BCUT2D eigenvalue weighted by Crippen LogP contribution is -2.59. The van der Waals surface area contributed by atoms with E-state index in [0.29, 0.717) is 5.82 Å². The van der Waals surface area contributed by atoms with Crippen LogP contribution in [-0.2, 0) is 19.1 Å². The van der Waals surface area contributed by atoms with E-state index in [1.165, 1.54) is 15.8 Å². The lowest BCUT2D eigenvalue weighted by atomic mass is 9.85. The second-order valence-electron chi connectivity index (χ2n) is 14.5. The van der Waals surface area contributed by atoms with Crippen molar-refractivity contribution in [2.75, 3.05) is 6.54 Å². The molecule has 2 heterocycles. The van der Waals surface area contributed by atoms with E-state index in [4.69, 9.17) is 4.74 Å². The number of aromatic nitrogens is 4. The van der Waals surface area contributed by atoms with Gasteiger partial charge in [-0.25, -0.2) is 9.59 Å². The summed E-state index contributed by atoms with van der Waals surface area (Å²) in [6.45, 7) is 14.2. The Bertz CT molecular complexity index is 1690. The molecule has 3 amide bonds. The molecule has 0 radical (unpaired) electrons. The Morgan fingerprint density at radius 3 is 2.19 bits per heavy atom. The van der Waals surface area contributed by atoms with E-state index < -0.39 is 64.5 Å². The number of nitrogens with zero attached hydrogens (tertiary/aromatic N) is 5. The molecule has 254 valence electrons. The number of ether oxygens (including phenoxy) is 1. The predicted octanol–water partition coefficient (Wildman–Crippen LogP) is 4.23. The fourth-order valence-electron chi connectivity index (χ4n) is 5.97. The van der Waals surface area contributed by atoms with Crippen molar-refractivity contribution < 1.29 is 29.0 Å². The normalized spacial score (nSPS) is 22.8. The van der Waals surface area contributed by atoms with Crippen LogP contribution in [0.15, 0.2) is 67.3 Å². The maximum atomic E-state index is 14.3. The maximum Gasteiger partial charge on any atom is 0.408 e. The molecule has 1 aliphatic carbocycles. The number of carbonyl (C=O) groups excluding carboxylic acids is 3. The molecule has 13 nitrogen and oxygen atoms in total. The highest BCUT2D eigenvalue weighted by atomic mass is 16.6. The van der Waals surface area contributed by atoms with Crippen LogP contribution in [0.25, 0.3) is 22.5 Å². The van der Waals surface area contributed by atoms with Gasteiger partial charge in [0.05, 0.1) is 6.04 Å². The van der Waals surface area contributed by atoms with Gasteiger partial charge < -0.3 is 25.4 Å². The minimum Gasteiger partial charge on any atom is -0.479 e. The minimum absolute atomic E-state index is 0.0210. The van der Waals surface area contributed by atoms with Gasteiger partial charge in [-0.1, -0.05) is 81.4 Å². The van der Waals surface area contributed by atoms with E-state index in [-0.39, 0.29) is 19.4 Å². The lowest BCUT2D eigenvalue weighted by Gasteiger charge is -2.36. The summed E-state index contributed by atoms with van der Waals surface area (Å²) in [5, 5.41) is 28.5. The number of alkyl carbamates (subject to hydrolysis) is 1. The molecule has 13 heteroatoms. The topological polar surface area (TPSA) is 169 Å². The SMILES string of the molecule is C=CC1CC1(NC(=O)C1CC(n2nnc(-c3ccc(-c4ccccc4)cc3)n2)CN1C(=O)C(NC(=O)OC(C)(C)C)C(C)(C)C)C(=O)O. The van der Waals surface area contributed by atoms with Gasteiger partial charge in [-0.3, -0.25) is 9.59 Å². The Balaban J connectivity index is 1.41. The zero-order valence-electron chi connectivity index (χ0n) is 28.1. The largest absolute Gasteiger partial charge is 0.479 e. The third-order valence-electron chi connectivity index (χ3n) is 8.67. The van der Waals surface area contributed by atoms with Gasteiger partial charge in [-0.05, 0) is 48.9 Å². The van der Waals surface area contributed by atoms with Crippen LogP contribution in [0.3, 0.4) is 0 Å². The molecule has 5 atom stereocenters. The van der Waals surface area contributed by atoms with Crippen LogP contribution >= 0.6 is 0 Å². The van der Waals surface area contributed by atoms with Gasteiger partial charge in [-0.15, -0.1) is 16.8 Å². The molecule has 5 rings (SSSR count). The summed E-state index contributed by atoms with van der Waals surface area (Å²) < 4.78 is 5.44. The first-order valence-electron chi connectivity index (χ1n) is 16.0. The van der Waals surface area contributed by atoms with E-state index >= 15 is 0 Å². The smallest absolute Gasteiger partial charge is 0.408 e. The average Bonchev–Trinajstić information content (AvgIpc) is 3.32. The highest BCUT2D eigenvalue weighted by Gasteiger charge is 2.61. The minimum atomic E-state index is -1.49. The van der Waals surface area contributed by atoms with Gasteiger partial charge >= 0.3 is 12.1 Å². The van der Waals surface area contributed by atoms with Crippen LogP contribution in [0.2, 0.25) is 0 Å². The monoisotopic (exact) mass is 657 g/mol. The van der Waals surface area contributed by atoms with Crippen molar-refractivity contribution in [1.82, 2.24) is 35.7 Å². The van der Waals surface area contributed by atoms with E-state index in [1.54, 1.807) is 41.5 Å². The van der Waals surface area contributed by atoms with Crippen LogP contribution in [-0.4, -0.2) is 83.9 Å². The summed E-state index contributed by atoms with van der Waals surface area (Å²) in [6, 6.07) is 15.0. The summed E-state index contributed by atoms with van der Waals surface area (Å²) in [5.41, 5.74) is -0.216. The second kappa shape index (κ2) is 12.9. The molecule has 2 aliphatic rings. The Morgan fingerprint density at radius 2 is 1.62 bits per heavy atom. The van der Waals surface area contributed by atoms with Crippen molar-refractivity contribution in [3.63, 3.8) is 0 Å². The average molecular weight is 658 g/mol. The first-order valence-corrected chi connectivity index (χ1v) is 16.0. The summed E-state index contributed by atoms with van der Waals surface area (Å²) in [6.07, 6.45) is 1.02. The fourth-order valence-corrected chi connectivity index (χ4v) is 5.97. The van der Waals surface area contributed by atoms with Crippen LogP contribution < -0.4 is 10.6 Å². The van der Waals surface area contributed by atoms with E-state index in [1.807, 2.05) is 54.6 Å². The molecular weight excluding hydrogens is 614 g/mol. The van der Waals surface area contributed by atoms with Crippen molar-refractivity contribution in [3.8, 4) is 22.5 Å². The number of carboxylic acid groups (broad SMARTS) is 1. The van der Waals surface area contributed by atoms with Gasteiger partial charge in [0.2, 0.25) is 17.6 Å². The summed E-state index contributed by atoms with van der Waals surface area (Å²) in [5.74, 6) is -2.39. The Hall–Kier alpha value is -5.07. The van der Waals surface area contributed by atoms with Crippen molar-refractivity contribution in [3.05, 3.63) is 67.3 Å². The number of nitrogens with one attached hydrogen (secondary N) is 2. The first-order chi connectivity index (χ1) is 22.5. The zero-order valence-corrected chi connectivity index (χ0v) is 28.1. The number of likely N-dealkylation sites (tertiary alicyclic amines) is 1. The zero-order chi connectivity index (χ0) is 35.0. The van der Waals surface area contributed by atoms with Crippen LogP contribution in [0.5, 0.6) is 0 Å². The summed E-state index contributed by atoms with van der Waals surface area (Å²) in [7, 11) is 0. The summed E-state index contributed by atoms with van der Waals surface area (Å²) >= 11 is 0. The number of rotatable bonds is 9. The third kappa shape index (κ3) is 7.24. The van der Waals surface area contributed by atoms with Gasteiger partial charge in [0.15, 0.2) is 0 Å². The molecule has 3 N–H and O–H groups in total. The van der Waals surface area contributed by atoms with Crippen LogP contribution in [0.4, 0.5) is 4.79 Å². The van der Waals surface area contributed by atoms with Crippen molar-refractivity contribution in [2.24, 2.45) is 11.3 Å². The number of carboxylic acids is 1. The van der Waals surface area contributed by atoms with E-state index in [0.717, 1.165) is 16.7 Å². The number of tetrazole rings is 1. The molecule has 1 aromatic heterocycles. The number of hydrogen-bond acceptors (Lipinski definition) is 8. The third-order valence-corrected chi connectivity index (χ3v) is 8.67. The Kier molecular flexibility index (Phi) is 9.18. The van der Waals surface area contributed by atoms with E-state index in [2.05, 4.69) is 32.6 Å². The molecule has 3 aromatic rings. The molecule has 0 spiro atoms. The van der Waals surface area contributed by atoms with Gasteiger partial charge in [0.25, 0.3) is 0 Å². The molecule has 48 heavy (non-hydrogen) atoms. The highest BCUT2D eigenvalue weighted by Crippen LogP contribution is 2.45.